The Kier molecular flexibility index (Phi) is 7.10. The van der Waals surface area contributed by atoms with Crippen LogP contribution in [0.25, 0.3) is 0 Å². The summed E-state index contributed by atoms with van der Waals surface area (Å²) < 4.78 is 159. The molecule has 0 atom stereocenters. The summed E-state index contributed by atoms with van der Waals surface area (Å²) in [5.74, 6) is -5.29. The molecule has 0 heterocycles. The third kappa shape index (κ3) is 4.73. The predicted octanol–water partition coefficient (Wildman–Crippen LogP) is 7.33. The van der Waals surface area contributed by atoms with Crippen LogP contribution in [0.4, 0.5) is 52.7 Å². The summed E-state index contributed by atoms with van der Waals surface area (Å²) in [5.41, 5.74) is -14.2. The highest BCUT2D eigenvalue weighted by molar-refractivity contribution is 9.10. The average Bonchev–Trinajstić information content (AvgIpc) is 2.67. The lowest BCUT2D eigenvalue weighted by atomic mass is 9.89. The summed E-state index contributed by atoms with van der Waals surface area (Å²) in [6, 6.07) is 1.41. The van der Waals surface area contributed by atoms with Crippen molar-refractivity contribution in [3.63, 3.8) is 0 Å². The number of alkyl halides is 10. The lowest BCUT2D eigenvalue weighted by molar-refractivity contribution is -0.348. The van der Waals surface area contributed by atoms with Crippen molar-refractivity contribution in [1.29, 1.82) is 5.26 Å². The molecule has 0 bridgehead atoms. The molecule has 2 aromatic carbocycles. The molecule has 184 valence electrons. The Balaban J connectivity index is 2.72. The maximum Gasteiger partial charge on any atom is 0.435 e. The minimum atomic E-state index is -6.71. The zero-order chi connectivity index (χ0) is 26.4. The van der Waals surface area contributed by atoms with Gasteiger partial charge in [0.05, 0.1) is 16.7 Å². The van der Waals surface area contributed by atoms with Gasteiger partial charge in [-0.1, -0.05) is 15.9 Å². The fourth-order valence-electron chi connectivity index (χ4n) is 2.86. The monoisotopic (exact) mass is 571 g/mol. The molecule has 2 nitrogen and oxygen atoms in total. The van der Waals surface area contributed by atoms with Crippen molar-refractivity contribution in [3.8, 4) is 6.07 Å². The molecule has 0 aliphatic carbocycles. The Morgan fingerprint density at radius 2 is 1.41 bits per heavy atom. The van der Waals surface area contributed by atoms with E-state index in [1.54, 1.807) is 0 Å². The molecular weight excluding hydrogens is 566 g/mol. The molecular formula is C19H6BrF12NO. The van der Waals surface area contributed by atoms with Gasteiger partial charge >= 0.3 is 24.2 Å². The SMILES string of the molecule is N#Cc1ccc(C(=O)Cc2c(Br)cc(C(F)(C(F)(F)F)C(F)(F)F)cc2C(F)(F)F)c(F)c1F. The van der Waals surface area contributed by atoms with Crippen molar-refractivity contribution in [2.45, 2.75) is 30.6 Å². The molecule has 0 saturated carbocycles. The summed E-state index contributed by atoms with van der Waals surface area (Å²) in [5, 5.41) is 8.61. The zero-order valence-corrected chi connectivity index (χ0v) is 17.4. The molecule has 0 unspecified atom stereocenters. The number of nitriles is 1. The number of hydrogen-bond donors (Lipinski definition) is 0. The molecule has 0 aliphatic heterocycles. The molecule has 0 aromatic heterocycles. The molecule has 0 radical (unpaired) electrons. The van der Waals surface area contributed by atoms with E-state index < -0.39 is 86.4 Å². The lowest BCUT2D eigenvalue weighted by Gasteiger charge is -2.31. The first-order chi connectivity index (χ1) is 15.3. The van der Waals surface area contributed by atoms with Crippen molar-refractivity contribution in [3.05, 3.63) is 68.2 Å². The molecule has 0 aliphatic rings. The molecule has 0 N–H and O–H groups in total. The van der Waals surface area contributed by atoms with E-state index in [0.717, 1.165) is 0 Å². The van der Waals surface area contributed by atoms with E-state index in [1.165, 1.54) is 6.07 Å². The quantitative estimate of drug-likeness (QED) is 0.285. The first kappa shape index (κ1) is 27.5. The van der Waals surface area contributed by atoms with Crippen molar-refractivity contribution >= 4 is 21.7 Å². The standard InChI is InChI=1S/C19H6BrF12NO/c20-12-4-8(16(23,18(27,28)29)19(30,31)32)3-11(17(24,25)26)10(12)5-13(34)9-2-1-7(6-33)14(21)15(9)22/h1-4H,5H2. The van der Waals surface area contributed by atoms with Gasteiger partial charge in [-0.3, -0.25) is 4.79 Å². The van der Waals surface area contributed by atoms with Gasteiger partial charge in [0.15, 0.2) is 17.4 Å². The maximum atomic E-state index is 14.3. The smallest absolute Gasteiger partial charge is 0.294 e. The van der Waals surface area contributed by atoms with Crippen LogP contribution in [0.3, 0.4) is 0 Å². The molecule has 34 heavy (non-hydrogen) atoms. The maximum absolute atomic E-state index is 14.3. The Morgan fingerprint density at radius 3 is 1.85 bits per heavy atom. The number of rotatable bonds is 4. The molecule has 0 fully saturated rings. The number of hydrogen-bond acceptors (Lipinski definition) is 2. The van der Waals surface area contributed by atoms with Gasteiger partial charge in [0.2, 0.25) is 0 Å². The van der Waals surface area contributed by atoms with Gasteiger partial charge in [0.25, 0.3) is 0 Å². The van der Waals surface area contributed by atoms with Crippen molar-refractivity contribution in [1.82, 2.24) is 0 Å². The zero-order valence-electron chi connectivity index (χ0n) is 15.8. The first-order valence-electron chi connectivity index (χ1n) is 8.41. The summed E-state index contributed by atoms with van der Waals surface area (Å²) in [6.45, 7) is 0. The number of benzene rings is 2. The summed E-state index contributed by atoms with van der Waals surface area (Å²) in [4.78, 5) is 12.3. The fraction of sp³-hybridized carbons (Fsp3) is 0.263. The van der Waals surface area contributed by atoms with Gasteiger partial charge in [-0.05, 0) is 29.8 Å². The second kappa shape index (κ2) is 8.79. The summed E-state index contributed by atoms with van der Waals surface area (Å²) >= 11 is 2.31. The van der Waals surface area contributed by atoms with Crippen LogP contribution in [0.1, 0.15) is 32.6 Å². The van der Waals surface area contributed by atoms with Crippen LogP contribution in [0.2, 0.25) is 0 Å². The Morgan fingerprint density at radius 1 is 0.882 bits per heavy atom. The summed E-state index contributed by atoms with van der Waals surface area (Å²) in [6.07, 6.45) is -20.6. The third-order valence-electron chi connectivity index (χ3n) is 4.52. The minimum absolute atomic E-state index is 0.242. The highest BCUT2D eigenvalue weighted by Gasteiger charge is 2.73. The van der Waals surface area contributed by atoms with Crippen molar-refractivity contribution in [2.75, 3.05) is 0 Å². The topological polar surface area (TPSA) is 40.9 Å². The van der Waals surface area contributed by atoms with E-state index in [9.17, 15) is 57.5 Å². The number of carbonyl (C=O) groups excluding carboxylic acids is 1. The van der Waals surface area contributed by atoms with Gasteiger partial charge in [0, 0.05) is 16.5 Å². The van der Waals surface area contributed by atoms with Gasteiger partial charge in [-0.25, -0.2) is 13.2 Å². The van der Waals surface area contributed by atoms with Crippen LogP contribution < -0.4 is 0 Å². The number of halogens is 13. The highest BCUT2D eigenvalue weighted by atomic mass is 79.9. The number of carbonyl (C=O) groups is 1. The van der Waals surface area contributed by atoms with Crippen LogP contribution in [0.5, 0.6) is 0 Å². The van der Waals surface area contributed by atoms with Gasteiger partial charge < -0.3 is 0 Å². The molecule has 2 aromatic rings. The first-order valence-corrected chi connectivity index (χ1v) is 9.20. The number of nitrogens with zero attached hydrogens (tertiary/aromatic N) is 1. The third-order valence-corrected chi connectivity index (χ3v) is 5.23. The highest BCUT2D eigenvalue weighted by Crippen LogP contribution is 2.54. The second-order valence-corrected chi connectivity index (χ2v) is 7.49. The van der Waals surface area contributed by atoms with Gasteiger partial charge in [-0.15, -0.1) is 0 Å². The molecule has 0 spiro atoms. The van der Waals surface area contributed by atoms with Crippen molar-refractivity contribution < 1.29 is 57.5 Å². The number of Topliss-reactive ketones (excluding diaryl/α,β-unsaturated/α-hetero) is 1. The fourth-order valence-corrected chi connectivity index (χ4v) is 3.46. The lowest BCUT2D eigenvalue weighted by Crippen LogP contribution is -2.50. The van der Waals surface area contributed by atoms with E-state index in [0.29, 0.717) is 12.1 Å². The Bertz CT molecular complexity index is 1160. The van der Waals surface area contributed by atoms with E-state index >= 15 is 0 Å². The van der Waals surface area contributed by atoms with Crippen LogP contribution in [-0.2, 0) is 18.3 Å². The van der Waals surface area contributed by atoms with Crippen LogP contribution in [-0.4, -0.2) is 18.1 Å². The minimum Gasteiger partial charge on any atom is -0.294 e. The normalized spacial score (nSPS) is 13.1. The van der Waals surface area contributed by atoms with E-state index in [4.69, 9.17) is 5.26 Å². The Labute approximate surface area is 189 Å². The average molecular weight is 572 g/mol. The van der Waals surface area contributed by atoms with E-state index in [2.05, 4.69) is 15.9 Å². The van der Waals surface area contributed by atoms with Crippen LogP contribution >= 0.6 is 15.9 Å². The largest absolute Gasteiger partial charge is 0.435 e. The predicted molar refractivity (Wildman–Crippen MR) is 93.1 cm³/mol. The molecule has 15 heteroatoms. The van der Waals surface area contributed by atoms with E-state index in [1.807, 2.05) is 0 Å². The second-order valence-electron chi connectivity index (χ2n) is 6.64. The molecule has 0 saturated heterocycles. The van der Waals surface area contributed by atoms with Crippen LogP contribution in [0.15, 0.2) is 28.7 Å². The van der Waals surface area contributed by atoms with Gasteiger partial charge in [0.1, 0.15) is 6.07 Å². The van der Waals surface area contributed by atoms with Crippen molar-refractivity contribution in [2.24, 2.45) is 0 Å². The number of ketones is 1. The molecule has 2 rings (SSSR count). The van der Waals surface area contributed by atoms with Gasteiger partial charge in [-0.2, -0.15) is 44.8 Å². The summed E-state index contributed by atoms with van der Waals surface area (Å²) in [7, 11) is 0. The van der Waals surface area contributed by atoms with E-state index in [-0.39, 0.29) is 6.07 Å². The molecule has 0 amide bonds. The Hall–Kier alpha value is -2.76. The van der Waals surface area contributed by atoms with Crippen LogP contribution in [0, 0.1) is 23.0 Å².